The second kappa shape index (κ2) is 4.81. The Bertz CT molecular complexity index is 814. The minimum atomic E-state index is -0.476. The number of fused-ring (bicyclic) bond motifs is 1. The summed E-state index contributed by atoms with van der Waals surface area (Å²) in [6, 6.07) is 11.5. The van der Waals surface area contributed by atoms with Crippen molar-refractivity contribution in [3.05, 3.63) is 77.5 Å². The lowest BCUT2D eigenvalue weighted by Gasteiger charge is -2.03. The van der Waals surface area contributed by atoms with Gasteiger partial charge in [-0.3, -0.25) is 9.78 Å². The van der Waals surface area contributed by atoms with Gasteiger partial charge < -0.3 is 0 Å². The summed E-state index contributed by atoms with van der Waals surface area (Å²) in [5.74, 6) is -1.26. The molecular formula is C16H9F2NO. The van der Waals surface area contributed by atoms with Gasteiger partial charge in [0.15, 0.2) is 5.78 Å². The lowest BCUT2D eigenvalue weighted by molar-refractivity contribution is 0.103. The number of rotatable bonds is 2. The van der Waals surface area contributed by atoms with Gasteiger partial charge in [0.2, 0.25) is 0 Å². The second-order valence-corrected chi connectivity index (χ2v) is 4.38. The van der Waals surface area contributed by atoms with Crippen molar-refractivity contribution in [2.75, 3.05) is 0 Å². The molecule has 0 atom stereocenters. The molecule has 1 aromatic heterocycles. The molecule has 2 aromatic carbocycles. The maximum Gasteiger partial charge on any atom is 0.194 e. The van der Waals surface area contributed by atoms with E-state index in [0.717, 1.165) is 6.07 Å². The van der Waals surface area contributed by atoms with Crippen molar-refractivity contribution in [1.82, 2.24) is 4.98 Å². The average molecular weight is 269 g/mol. The van der Waals surface area contributed by atoms with Gasteiger partial charge in [0, 0.05) is 22.7 Å². The number of ketones is 1. The highest BCUT2D eigenvalue weighted by molar-refractivity contribution is 6.10. The van der Waals surface area contributed by atoms with E-state index >= 15 is 0 Å². The number of carbonyl (C=O) groups excluding carboxylic acids is 1. The van der Waals surface area contributed by atoms with Gasteiger partial charge in [-0.2, -0.15) is 0 Å². The maximum atomic E-state index is 13.5. The standard InChI is InChI=1S/C16H9F2NO/c17-13-5-1-4-11(8-13)16(20)12-7-10-3-2-6-14(18)15(10)19-9-12/h1-9H. The SMILES string of the molecule is O=C(c1cccc(F)c1)c1cnc2c(F)cccc2c1. The molecule has 3 rings (SSSR count). The number of hydrogen-bond acceptors (Lipinski definition) is 2. The van der Waals surface area contributed by atoms with Crippen molar-refractivity contribution in [2.24, 2.45) is 0 Å². The van der Waals surface area contributed by atoms with E-state index in [4.69, 9.17) is 0 Å². The van der Waals surface area contributed by atoms with E-state index in [-0.39, 0.29) is 16.9 Å². The Hall–Kier alpha value is -2.62. The first kappa shape index (κ1) is 12.4. The van der Waals surface area contributed by atoms with Crippen LogP contribution in [-0.2, 0) is 0 Å². The number of nitrogens with zero attached hydrogens (tertiary/aromatic N) is 1. The monoisotopic (exact) mass is 269 g/mol. The first-order valence-corrected chi connectivity index (χ1v) is 6.00. The van der Waals surface area contributed by atoms with Crippen LogP contribution in [0.3, 0.4) is 0 Å². The molecule has 0 aliphatic heterocycles. The molecule has 0 spiro atoms. The summed E-state index contributed by atoms with van der Waals surface area (Å²) in [4.78, 5) is 16.2. The molecule has 0 N–H and O–H groups in total. The topological polar surface area (TPSA) is 30.0 Å². The fraction of sp³-hybridized carbons (Fsp3) is 0. The van der Waals surface area contributed by atoms with Crippen LogP contribution in [0.1, 0.15) is 15.9 Å². The molecule has 0 amide bonds. The van der Waals surface area contributed by atoms with Gasteiger partial charge in [-0.1, -0.05) is 24.3 Å². The number of para-hydroxylation sites is 1. The summed E-state index contributed by atoms with van der Waals surface area (Å²) >= 11 is 0. The van der Waals surface area contributed by atoms with E-state index in [1.54, 1.807) is 18.2 Å². The van der Waals surface area contributed by atoms with Crippen molar-refractivity contribution >= 4 is 16.7 Å². The van der Waals surface area contributed by atoms with Crippen LogP contribution in [0.25, 0.3) is 10.9 Å². The Morgan fingerprint density at radius 1 is 0.950 bits per heavy atom. The first-order chi connectivity index (χ1) is 9.65. The molecule has 0 aliphatic rings. The third kappa shape index (κ3) is 2.16. The number of aromatic nitrogens is 1. The molecular weight excluding hydrogens is 260 g/mol. The molecule has 0 saturated carbocycles. The fourth-order valence-electron chi connectivity index (χ4n) is 2.04. The van der Waals surface area contributed by atoms with Crippen molar-refractivity contribution in [1.29, 1.82) is 0 Å². The molecule has 0 aliphatic carbocycles. The van der Waals surface area contributed by atoms with Crippen LogP contribution in [0, 0.1) is 11.6 Å². The van der Waals surface area contributed by atoms with Crippen LogP contribution in [0.15, 0.2) is 54.7 Å². The van der Waals surface area contributed by atoms with Gasteiger partial charge in [-0.25, -0.2) is 8.78 Å². The summed E-state index contributed by atoms with van der Waals surface area (Å²) in [6.07, 6.45) is 1.30. The van der Waals surface area contributed by atoms with Gasteiger partial charge in [0.1, 0.15) is 17.2 Å². The number of benzene rings is 2. The maximum absolute atomic E-state index is 13.5. The summed E-state index contributed by atoms with van der Waals surface area (Å²) in [7, 11) is 0. The molecule has 20 heavy (non-hydrogen) atoms. The van der Waals surface area contributed by atoms with E-state index in [2.05, 4.69) is 4.98 Å². The molecule has 3 aromatic rings. The van der Waals surface area contributed by atoms with Gasteiger partial charge in [-0.15, -0.1) is 0 Å². The number of carbonyl (C=O) groups is 1. The Labute approximate surface area is 113 Å². The zero-order chi connectivity index (χ0) is 14.1. The van der Waals surface area contributed by atoms with Crippen LogP contribution in [0.4, 0.5) is 8.78 Å². The Kier molecular flexibility index (Phi) is 2.99. The van der Waals surface area contributed by atoms with E-state index in [1.165, 1.54) is 30.5 Å². The van der Waals surface area contributed by atoms with Crippen LogP contribution >= 0.6 is 0 Å². The highest BCUT2D eigenvalue weighted by atomic mass is 19.1. The molecule has 0 fully saturated rings. The zero-order valence-corrected chi connectivity index (χ0v) is 10.3. The van der Waals surface area contributed by atoms with Crippen molar-refractivity contribution < 1.29 is 13.6 Å². The Morgan fingerprint density at radius 2 is 1.75 bits per heavy atom. The molecule has 98 valence electrons. The lowest BCUT2D eigenvalue weighted by Crippen LogP contribution is -2.02. The Balaban J connectivity index is 2.08. The predicted octanol–water partition coefficient (Wildman–Crippen LogP) is 3.74. The van der Waals surface area contributed by atoms with Crippen LogP contribution in [0.2, 0.25) is 0 Å². The highest BCUT2D eigenvalue weighted by Gasteiger charge is 2.12. The quantitative estimate of drug-likeness (QED) is 0.663. The first-order valence-electron chi connectivity index (χ1n) is 6.00. The molecule has 0 radical (unpaired) electrons. The summed E-state index contributed by atoms with van der Waals surface area (Å²) < 4.78 is 26.6. The lowest BCUT2D eigenvalue weighted by atomic mass is 10.0. The second-order valence-electron chi connectivity index (χ2n) is 4.38. The largest absolute Gasteiger partial charge is 0.289 e. The van der Waals surface area contributed by atoms with Crippen LogP contribution in [-0.4, -0.2) is 10.8 Å². The van der Waals surface area contributed by atoms with Crippen LogP contribution < -0.4 is 0 Å². The van der Waals surface area contributed by atoms with E-state index in [9.17, 15) is 13.6 Å². The van der Waals surface area contributed by atoms with Crippen molar-refractivity contribution in [2.45, 2.75) is 0 Å². The van der Waals surface area contributed by atoms with Gasteiger partial charge in [0.25, 0.3) is 0 Å². The third-order valence-corrected chi connectivity index (χ3v) is 3.01. The summed E-state index contributed by atoms with van der Waals surface area (Å²) in [5.41, 5.74) is 0.750. The predicted molar refractivity (Wildman–Crippen MR) is 71.5 cm³/mol. The van der Waals surface area contributed by atoms with Gasteiger partial charge in [-0.05, 0) is 24.3 Å². The minimum absolute atomic E-state index is 0.211. The zero-order valence-electron chi connectivity index (χ0n) is 10.3. The van der Waals surface area contributed by atoms with E-state index in [0.29, 0.717) is 10.9 Å². The number of halogens is 2. The molecule has 0 bridgehead atoms. The van der Waals surface area contributed by atoms with Crippen molar-refractivity contribution in [3.8, 4) is 0 Å². The molecule has 0 unspecified atom stereocenters. The molecule has 2 nitrogen and oxygen atoms in total. The van der Waals surface area contributed by atoms with Gasteiger partial charge in [0.05, 0.1) is 0 Å². The van der Waals surface area contributed by atoms with Crippen molar-refractivity contribution in [3.63, 3.8) is 0 Å². The Morgan fingerprint density at radius 3 is 2.55 bits per heavy atom. The van der Waals surface area contributed by atoms with Gasteiger partial charge >= 0.3 is 0 Å². The third-order valence-electron chi connectivity index (χ3n) is 3.01. The summed E-state index contributed by atoms with van der Waals surface area (Å²) in [6.45, 7) is 0. The highest BCUT2D eigenvalue weighted by Crippen LogP contribution is 2.18. The fourth-order valence-corrected chi connectivity index (χ4v) is 2.04. The average Bonchev–Trinajstić information content (AvgIpc) is 2.46. The molecule has 4 heteroatoms. The van der Waals surface area contributed by atoms with E-state index in [1.807, 2.05) is 0 Å². The number of pyridine rings is 1. The smallest absolute Gasteiger partial charge is 0.194 e. The molecule has 0 saturated heterocycles. The number of hydrogen-bond donors (Lipinski definition) is 0. The van der Waals surface area contributed by atoms with Crippen LogP contribution in [0.5, 0.6) is 0 Å². The minimum Gasteiger partial charge on any atom is -0.289 e. The normalized spacial score (nSPS) is 10.7. The molecule has 1 heterocycles. The van der Waals surface area contributed by atoms with E-state index < -0.39 is 11.6 Å². The summed E-state index contributed by atoms with van der Waals surface area (Å²) in [5, 5.41) is 0.534.